The molecule has 1 atom stereocenters. The maximum Gasteiger partial charge on any atom is 0.249 e. The van der Waals surface area contributed by atoms with E-state index in [0.717, 1.165) is 28.6 Å². The van der Waals surface area contributed by atoms with Crippen molar-refractivity contribution < 1.29 is 9.21 Å². The van der Waals surface area contributed by atoms with E-state index in [0.29, 0.717) is 36.0 Å². The molecule has 5 rings (SSSR count). The van der Waals surface area contributed by atoms with Crippen LogP contribution in [0, 0.1) is 11.3 Å². The second-order valence-electron chi connectivity index (χ2n) is 8.20. The van der Waals surface area contributed by atoms with E-state index in [9.17, 15) is 10.1 Å². The molecule has 3 heterocycles. The van der Waals surface area contributed by atoms with Crippen LogP contribution in [0.15, 0.2) is 68.8 Å². The molecule has 7 nitrogen and oxygen atoms in total. The zero-order chi connectivity index (χ0) is 23.2. The second-order valence-corrected chi connectivity index (χ2v) is 9.12. The molecule has 0 radical (unpaired) electrons. The number of benzene rings is 2. The molecule has 1 aromatic heterocycles. The Bertz CT molecular complexity index is 1340. The van der Waals surface area contributed by atoms with Gasteiger partial charge in [-0.25, -0.2) is 4.98 Å². The molecule has 3 N–H and O–H groups in total. The molecule has 33 heavy (non-hydrogen) atoms. The maximum atomic E-state index is 14.3. The Hall–Kier alpha value is -3.57. The van der Waals surface area contributed by atoms with Crippen LogP contribution in [0.25, 0.3) is 0 Å². The molecule has 0 saturated heterocycles. The van der Waals surface area contributed by atoms with Crippen LogP contribution in [0.1, 0.15) is 42.5 Å². The molecule has 8 heteroatoms. The molecule has 1 unspecified atom stereocenters. The number of nitrogens with one attached hydrogen (secondary N) is 1. The van der Waals surface area contributed by atoms with Gasteiger partial charge >= 0.3 is 0 Å². The standard InChI is InChI=1S/C25H22BrN5O2/c1-2-3-11-20-29-21-23(33-20)30-22(28)18(13-27)25(21)17-9-4-5-10-19(17)31(24(25)32)14-15-7-6-8-16(26)12-15/h4-10,12,30H,2-3,11,14,28H2,1H3. The number of aromatic nitrogens is 1. The van der Waals surface area contributed by atoms with Crippen LogP contribution in [0.4, 0.5) is 11.6 Å². The zero-order valence-corrected chi connectivity index (χ0v) is 19.6. The number of halogens is 1. The van der Waals surface area contributed by atoms with Gasteiger partial charge < -0.3 is 20.4 Å². The molecule has 166 valence electrons. The number of carbonyl (C=O) groups is 1. The molecule has 2 aliphatic heterocycles. The van der Waals surface area contributed by atoms with Crippen molar-refractivity contribution in [3.05, 3.63) is 87.1 Å². The van der Waals surface area contributed by atoms with E-state index in [1.807, 2.05) is 48.5 Å². The van der Waals surface area contributed by atoms with E-state index < -0.39 is 5.41 Å². The molecule has 2 aromatic carbocycles. The lowest BCUT2D eigenvalue weighted by Crippen LogP contribution is -2.46. The third kappa shape index (κ3) is 3.15. The normalized spacial score (nSPS) is 18.8. The Morgan fingerprint density at radius 2 is 2.09 bits per heavy atom. The average molecular weight is 504 g/mol. The van der Waals surface area contributed by atoms with Gasteiger partial charge in [-0.3, -0.25) is 4.79 Å². The summed E-state index contributed by atoms with van der Waals surface area (Å²) in [6, 6.07) is 17.5. The van der Waals surface area contributed by atoms with E-state index in [1.165, 1.54) is 0 Å². The van der Waals surface area contributed by atoms with Gasteiger partial charge in [0.25, 0.3) is 0 Å². The van der Waals surface area contributed by atoms with Crippen molar-refractivity contribution >= 4 is 33.4 Å². The number of aryl methyl sites for hydroxylation is 1. The summed E-state index contributed by atoms with van der Waals surface area (Å²) in [5, 5.41) is 13.1. The zero-order valence-electron chi connectivity index (χ0n) is 18.1. The van der Waals surface area contributed by atoms with Crippen LogP contribution < -0.4 is 16.0 Å². The maximum absolute atomic E-state index is 14.3. The monoisotopic (exact) mass is 503 g/mol. The van der Waals surface area contributed by atoms with E-state index in [2.05, 4.69) is 34.2 Å². The number of hydrogen-bond donors (Lipinski definition) is 2. The first kappa shape index (κ1) is 21.3. The summed E-state index contributed by atoms with van der Waals surface area (Å²) in [4.78, 5) is 20.7. The Labute approximate surface area is 200 Å². The molecule has 0 fully saturated rings. The van der Waals surface area contributed by atoms with E-state index in [1.54, 1.807) is 4.90 Å². The van der Waals surface area contributed by atoms with Gasteiger partial charge in [0.2, 0.25) is 11.8 Å². The largest absolute Gasteiger partial charge is 0.425 e. The third-order valence-corrected chi connectivity index (χ3v) is 6.66. The third-order valence-electron chi connectivity index (χ3n) is 6.17. The number of nitrogens with two attached hydrogens (primary N) is 1. The summed E-state index contributed by atoms with van der Waals surface area (Å²) in [7, 11) is 0. The van der Waals surface area contributed by atoms with Gasteiger partial charge in [0.05, 0.1) is 12.1 Å². The predicted octanol–water partition coefficient (Wildman–Crippen LogP) is 4.73. The first-order chi connectivity index (χ1) is 16.0. The second kappa shape index (κ2) is 8.09. The van der Waals surface area contributed by atoms with E-state index >= 15 is 0 Å². The van der Waals surface area contributed by atoms with Crippen LogP contribution in [-0.4, -0.2) is 10.9 Å². The molecular formula is C25H22BrN5O2. The molecule has 0 aliphatic carbocycles. The first-order valence-electron chi connectivity index (χ1n) is 10.8. The van der Waals surface area contributed by atoms with Crippen LogP contribution in [0.5, 0.6) is 0 Å². The fraction of sp³-hybridized carbons (Fsp3) is 0.240. The van der Waals surface area contributed by atoms with Gasteiger partial charge in [-0.05, 0) is 30.2 Å². The smallest absolute Gasteiger partial charge is 0.249 e. The Kier molecular flexibility index (Phi) is 5.22. The predicted molar refractivity (Wildman–Crippen MR) is 128 cm³/mol. The minimum Gasteiger partial charge on any atom is -0.425 e. The lowest BCUT2D eigenvalue weighted by atomic mass is 9.71. The number of rotatable bonds is 5. The molecular weight excluding hydrogens is 482 g/mol. The lowest BCUT2D eigenvalue weighted by Gasteiger charge is -2.31. The minimum atomic E-state index is -1.45. The number of anilines is 2. The topological polar surface area (TPSA) is 108 Å². The number of amides is 1. The summed E-state index contributed by atoms with van der Waals surface area (Å²) >= 11 is 3.50. The Morgan fingerprint density at radius 1 is 1.27 bits per heavy atom. The summed E-state index contributed by atoms with van der Waals surface area (Å²) in [6.07, 6.45) is 2.53. The number of hydrogen-bond acceptors (Lipinski definition) is 6. The van der Waals surface area contributed by atoms with Gasteiger partial charge in [0, 0.05) is 22.1 Å². The highest BCUT2D eigenvalue weighted by molar-refractivity contribution is 9.10. The van der Waals surface area contributed by atoms with Crippen molar-refractivity contribution in [3.63, 3.8) is 0 Å². The van der Waals surface area contributed by atoms with E-state index in [-0.39, 0.29) is 17.3 Å². The van der Waals surface area contributed by atoms with Crippen molar-refractivity contribution in [2.75, 3.05) is 10.2 Å². The Balaban J connectivity index is 1.72. The number of unbranched alkanes of at least 4 members (excludes halogenated alkanes) is 1. The van der Waals surface area contributed by atoms with E-state index in [4.69, 9.17) is 15.1 Å². The summed E-state index contributed by atoms with van der Waals surface area (Å²) in [6.45, 7) is 2.44. The Morgan fingerprint density at radius 3 is 2.85 bits per heavy atom. The highest BCUT2D eigenvalue weighted by atomic mass is 79.9. The molecule has 2 aliphatic rings. The van der Waals surface area contributed by atoms with Crippen molar-refractivity contribution in [2.24, 2.45) is 5.73 Å². The van der Waals surface area contributed by atoms with Gasteiger partial charge in [-0.15, -0.1) is 0 Å². The van der Waals surface area contributed by atoms with Crippen LogP contribution in [0.2, 0.25) is 0 Å². The molecule has 1 amide bonds. The summed E-state index contributed by atoms with van der Waals surface area (Å²) in [5.41, 5.74) is 7.74. The fourth-order valence-electron chi connectivity index (χ4n) is 4.69. The highest BCUT2D eigenvalue weighted by Gasteiger charge is 2.60. The summed E-state index contributed by atoms with van der Waals surface area (Å²) in [5.74, 6) is 0.693. The summed E-state index contributed by atoms with van der Waals surface area (Å²) < 4.78 is 6.90. The molecule has 0 saturated carbocycles. The highest BCUT2D eigenvalue weighted by Crippen LogP contribution is 2.54. The number of para-hydroxylation sites is 1. The minimum absolute atomic E-state index is 0.107. The van der Waals surface area contributed by atoms with Crippen molar-refractivity contribution in [3.8, 4) is 6.07 Å². The number of fused-ring (bicyclic) bond motifs is 4. The SMILES string of the molecule is CCCCc1nc2c(o1)NC(N)=C(C#N)C21C(=O)N(Cc2cccc(Br)c2)c2ccccc21. The number of oxazole rings is 1. The van der Waals surface area contributed by atoms with Gasteiger partial charge in [-0.1, -0.05) is 59.6 Å². The van der Waals surface area contributed by atoms with Crippen LogP contribution in [-0.2, 0) is 23.2 Å². The molecule has 1 spiro atoms. The van der Waals surface area contributed by atoms with Gasteiger partial charge in [0.1, 0.15) is 17.6 Å². The van der Waals surface area contributed by atoms with Gasteiger partial charge in [-0.2, -0.15) is 5.26 Å². The molecule has 3 aromatic rings. The number of nitriles is 1. The van der Waals surface area contributed by atoms with Gasteiger partial charge in [0.15, 0.2) is 11.3 Å². The first-order valence-corrected chi connectivity index (χ1v) is 11.6. The number of nitrogens with zero attached hydrogens (tertiary/aromatic N) is 3. The van der Waals surface area contributed by atoms with Crippen molar-refractivity contribution in [1.29, 1.82) is 5.26 Å². The molecule has 0 bridgehead atoms. The van der Waals surface area contributed by atoms with Crippen LogP contribution >= 0.6 is 15.9 Å². The number of carbonyl (C=O) groups excluding carboxylic acids is 1. The fourth-order valence-corrected chi connectivity index (χ4v) is 5.13. The quantitative estimate of drug-likeness (QED) is 0.520. The average Bonchev–Trinajstić information content (AvgIpc) is 3.31. The van der Waals surface area contributed by atoms with Crippen molar-refractivity contribution in [2.45, 2.75) is 38.1 Å². The van der Waals surface area contributed by atoms with Crippen molar-refractivity contribution in [1.82, 2.24) is 4.98 Å². The lowest BCUT2D eigenvalue weighted by molar-refractivity contribution is -0.121. The van der Waals surface area contributed by atoms with Crippen LogP contribution in [0.3, 0.4) is 0 Å².